The molecule has 0 bridgehead atoms. The number of aryl methyl sites for hydroxylation is 1. The van der Waals surface area contributed by atoms with Gasteiger partial charge in [0.25, 0.3) is 0 Å². The van der Waals surface area contributed by atoms with Crippen molar-refractivity contribution in [2.24, 2.45) is 0 Å². The Labute approximate surface area is 241 Å². The van der Waals surface area contributed by atoms with Crippen molar-refractivity contribution < 1.29 is 32.6 Å². The number of hydrogen-bond donors (Lipinski definition) is 0. The minimum atomic E-state index is -4.46. The van der Waals surface area contributed by atoms with Crippen molar-refractivity contribution in [3.63, 3.8) is 0 Å². The van der Waals surface area contributed by atoms with Crippen molar-refractivity contribution in [1.29, 1.82) is 0 Å². The molecule has 0 aliphatic heterocycles. The van der Waals surface area contributed by atoms with Crippen LogP contribution in [0.15, 0.2) is 110 Å². The molecule has 202 valence electrons. The Balaban J connectivity index is 0.000000165. The van der Waals surface area contributed by atoms with E-state index in [1.807, 2.05) is 67.6 Å². The molecule has 12 heteroatoms. The predicted molar refractivity (Wildman–Crippen MR) is 139 cm³/mol. The second-order valence-corrected chi connectivity index (χ2v) is 7.84. The van der Waals surface area contributed by atoms with E-state index < -0.39 is 11.9 Å². The summed E-state index contributed by atoms with van der Waals surface area (Å²) in [5.74, 6) is 0. The van der Waals surface area contributed by atoms with Crippen LogP contribution in [-0.2, 0) is 25.7 Å². The van der Waals surface area contributed by atoms with Crippen LogP contribution >= 0.6 is 0 Å². The van der Waals surface area contributed by atoms with Gasteiger partial charge in [-0.1, -0.05) is 41.7 Å². The summed E-state index contributed by atoms with van der Waals surface area (Å²) in [4.78, 5) is 16.4. The number of halogens is 3. The topological polar surface area (TPSA) is 106 Å². The molecule has 0 saturated heterocycles. The number of nitrogens with zero attached hydrogens (tertiary/aromatic N) is 8. The van der Waals surface area contributed by atoms with Gasteiger partial charge in [-0.3, -0.25) is 19.9 Å². The van der Waals surface area contributed by atoms with E-state index in [0.29, 0.717) is 5.69 Å². The van der Waals surface area contributed by atoms with Crippen molar-refractivity contribution in [2.45, 2.75) is 13.1 Å². The van der Waals surface area contributed by atoms with E-state index >= 15 is 0 Å². The molecule has 0 atom stereocenters. The van der Waals surface area contributed by atoms with Crippen LogP contribution in [-0.4, -0.2) is 30.1 Å². The summed E-state index contributed by atoms with van der Waals surface area (Å²) in [6.07, 6.45) is 2.31. The van der Waals surface area contributed by atoms with E-state index in [4.69, 9.17) is 0 Å². The average molecular weight is 628 g/mol. The summed E-state index contributed by atoms with van der Waals surface area (Å²) in [6, 6.07) is 25.0. The van der Waals surface area contributed by atoms with Crippen LogP contribution in [0.1, 0.15) is 11.4 Å². The van der Waals surface area contributed by atoms with E-state index in [9.17, 15) is 13.2 Å². The van der Waals surface area contributed by atoms with Gasteiger partial charge in [-0.25, -0.2) is 0 Å². The first-order chi connectivity index (χ1) is 18.9. The normalized spacial score (nSPS) is 10.3. The molecule has 0 aliphatic rings. The first-order valence-electron chi connectivity index (χ1n) is 11.6. The Morgan fingerprint density at radius 1 is 0.550 bits per heavy atom. The maximum Gasteiger partial charge on any atom is 2.00 e. The molecule has 0 spiro atoms. The second kappa shape index (κ2) is 14.5. The summed E-state index contributed by atoms with van der Waals surface area (Å²) in [6.45, 7) is 1.92. The predicted octanol–water partition coefficient (Wildman–Crippen LogP) is 5.67. The van der Waals surface area contributed by atoms with Crippen molar-refractivity contribution in [1.82, 2.24) is 40.3 Å². The largest absolute Gasteiger partial charge is 2.00 e. The van der Waals surface area contributed by atoms with Crippen molar-refractivity contribution in [2.75, 3.05) is 0 Å². The standard InChI is InChI=1S/C10H8N2.C9H5F3N3.C9H8N3.Ru/c1-3-7-11-9(5-1)10-6-2-4-8-12-10;10-9(11,12)8-5-7(14-15-8)6-3-1-2-4-13-6;1-7-6-9(12-11-7)8-4-2-3-5-10-8;/h1-8H;1-5H;2-6H,1H3;/q;2*-1;+2. The van der Waals surface area contributed by atoms with Gasteiger partial charge >= 0.3 is 25.7 Å². The van der Waals surface area contributed by atoms with Gasteiger partial charge in [0, 0.05) is 41.9 Å². The minimum Gasteiger partial charge on any atom is -0.574 e. The molecule has 6 aromatic rings. The van der Waals surface area contributed by atoms with Crippen LogP contribution in [0.2, 0.25) is 0 Å². The third kappa shape index (κ3) is 8.74. The molecule has 6 rings (SSSR count). The van der Waals surface area contributed by atoms with Crippen molar-refractivity contribution in [3.8, 4) is 34.2 Å². The van der Waals surface area contributed by atoms with E-state index in [1.54, 1.807) is 36.8 Å². The maximum atomic E-state index is 12.2. The first-order valence-corrected chi connectivity index (χ1v) is 11.6. The van der Waals surface area contributed by atoms with Gasteiger partial charge in [0.05, 0.1) is 11.4 Å². The summed E-state index contributed by atoms with van der Waals surface area (Å²) in [7, 11) is 0. The number of hydrogen-bond acceptors (Lipinski definition) is 6. The molecule has 0 aliphatic carbocycles. The van der Waals surface area contributed by atoms with Crippen LogP contribution in [0.4, 0.5) is 13.2 Å². The zero-order chi connectivity index (χ0) is 27.5. The molecule has 0 fully saturated rings. The molecule has 40 heavy (non-hydrogen) atoms. The molecular formula is C28H21F3N8Ru. The Kier molecular flexibility index (Phi) is 10.9. The van der Waals surface area contributed by atoms with E-state index in [-0.39, 0.29) is 25.2 Å². The Morgan fingerprint density at radius 2 is 0.950 bits per heavy atom. The monoisotopic (exact) mass is 628 g/mol. The molecular weight excluding hydrogens is 606 g/mol. The molecule has 6 heterocycles. The molecule has 8 nitrogen and oxygen atoms in total. The molecule has 0 saturated carbocycles. The zero-order valence-electron chi connectivity index (χ0n) is 21.0. The Hall–Kier alpha value is -4.57. The van der Waals surface area contributed by atoms with Crippen molar-refractivity contribution >= 4 is 0 Å². The summed E-state index contributed by atoms with van der Waals surface area (Å²) >= 11 is 0. The van der Waals surface area contributed by atoms with Gasteiger partial charge in [0.2, 0.25) is 0 Å². The van der Waals surface area contributed by atoms with Crippen LogP contribution < -0.4 is 10.2 Å². The number of alkyl halides is 3. The number of rotatable bonds is 3. The molecule has 0 aromatic carbocycles. The van der Waals surface area contributed by atoms with Crippen LogP contribution in [0.25, 0.3) is 34.2 Å². The molecule has 0 radical (unpaired) electrons. The number of aromatic nitrogens is 8. The minimum absolute atomic E-state index is 0. The third-order valence-electron chi connectivity index (χ3n) is 4.94. The van der Waals surface area contributed by atoms with Gasteiger partial charge in [-0.05, 0) is 61.5 Å². The van der Waals surface area contributed by atoms with E-state index in [1.165, 1.54) is 6.20 Å². The molecule has 0 amide bonds. The fraction of sp³-hybridized carbons (Fsp3) is 0.0714. The van der Waals surface area contributed by atoms with Gasteiger partial charge < -0.3 is 20.4 Å². The third-order valence-corrected chi connectivity index (χ3v) is 4.94. The van der Waals surface area contributed by atoms with Gasteiger partial charge in [-0.15, -0.1) is 0 Å². The van der Waals surface area contributed by atoms with Gasteiger partial charge in [-0.2, -0.15) is 13.2 Å². The second-order valence-electron chi connectivity index (χ2n) is 7.84. The van der Waals surface area contributed by atoms with Crippen molar-refractivity contribution in [3.05, 3.63) is 121 Å². The zero-order valence-corrected chi connectivity index (χ0v) is 22.7. The molecule has 0 unspecified atom stereocenters. The fourth-order valence-corrected chi connectivity index (χ4v) is 3.13. The first kappa shape index (κ1) is 30.0. The summed E-state index contributed by atoms with van der Waals surface area (Å²) < 4.78 is 36.6. The van der Waals surface area contributed by atoms with Crippen LogP contribution in [0.3, 0.4) is 0 Å². The van der Waals surface area contributed by atoms with E-state index in [2.05, 4.69) is 40.3 Å². The van der Waals surface area contributed by atoms with Crippen LogP contribution in [0, 0.1) is 6.92 Å². The fourth-order valence-electron chi connectivity index (χ4n) is 3.13. The van der Waals surface area contributed by atoms with E-state index in [0.717, 1.165) is 34.5 Å². The van der Waals surface area contributed by atoms with Gasteiger partial charge in [0.1, 0.15) is 5.69 Å². The summed E-state index contributed by atoms with van der Waals surface area (Å²) in [5, 5.41) is 14.3. The quantitative estimate of drug-likeness (QED) is 0.231. The van der Waals surface area contributed by atoms with Gasteiger partial charge in [0.15, 0.2) is 0 Å². The smallest absolute Gasteiger partial charge is 0.574 e. The maximum absolute atomic E-state index is 12.2. The number of pyridine rings is 4. The Bertz CT molecular complexity index is 1510. The Morgan fingerprint density at radius 3 is 1.27 bits per heavy atom. The molecule has 6 aromatic heterocycles. The van der Waals surface area contributed by atoms with Crippen LogP contribution in [0.5, 0.6) is 0 Å². The SMILES string of the molecule is Cc1cc(-c2ccccn2)[n-]n1.FC(F)(F)c1cc(-c2ccccn2)[n-]n1.[Ru+2].c1ccc(-c2ccccn2)nc1. The summed E-state index contributed by atoms with van der Waals surface area (Å²) in [5.41, 5.74) is 3.98. The average Bonchev–Trinajstić information content (AvgIpc) is 3.66. The molecule has 0 N–H and O–H groups in total.